The molecule has 0 saturated heterocycles. The lowest BCUT2D eigenvalue weighted by molar-refractivity contribution is -0.137. The minimum Gasteiger partial charge on any atom is -0.325 e. The largest absolute Gasteiger partial charge is 0.416 e. The Balaban J connectivity index is 1.84. The second-order valence-electron chi connectivity index (χ2n) is 5.51. The van der Waals surface area contributed by atoms with Crippen molar-refractivity contribution in [2.24, 2.45) is 0 Å². The molecule has 28 heavy (non-hydrogen) atoms. The third-order valence-electron chi connectivity index (χ3n) is 3.58. The van der Waals surface area contributed by atoms with Gasteiger partial charge in [-0.15, -0.1) is 10.2 Å². The SMILES string of the molecule is CSc1nnc(SC(C(=O)Nc2cccc(C(F)(F)F)c2)c2ccccc2)s1. The van der Waals surface area contributed by atoms with Crippen LogP contribution in [0.3, 0.4) is 0 Å². The normalized spacial score (nSPS) is 12.6. The summed E-state index contributed by atoms with van der Waals surface area (Å²) in [6.07, 6.45) is -2.60. The maximum Gasteiger partial charge on any atom is 0.416 e. The van der Waals surface area contributed by atoms with Gasteiger partial charge in [-0.2, -0.15) is 13.2 Å². The first-order valence-corrected chi connectivity index (χ1v) is 10.9. The Labute approximate surface area is 172 Å². The number of nitrogens with zero attached hydrogens (tertiary/aromatic N) is 2. The van der Waals surface area contributed by atoms with Gasteiger partial charge in [0.1, 0.15) is 5.25 Å². The average Bonchev–Trinajstić information content (AvgIpc) is 3.14. The fourth-order valence-corrected chi connectivity index (χ4v) is 4.94. The first kappa shape index (κ1) is 20.7. The van der Waals surface area contributed by atoms with E-state index in [1.165, 1.54) is 47.0 Å². The Kier molecular flexibility index (Phi) is 6.63. The minimum absolute atomic E-state index is 0.0865. The number of hydrogen-bond acceptors (Lipinski definition) is 6. The molecule has 2 aromatic carbocycles. The number of benzene rings is 2. The summed E-state index contributed by atoms with van der Waals surface area (Å²) in [6, 6.07) is 13.6. The molecule has 146 valence electrons. The first-order chi connectivity index (χ1) is 13.4. The highest BCUT2D eigenvalue weighted by atomic mass is 32.2. The molecule has 0 fully saturated rings. The Bertz CT molecular complexity index is 948. The van der Waals surface area contributed by atoms with Gasteiger partial charge in [0.15, 0.2) is 8.68 Å². The fraction of sp³-hybridized carbons (Fsp3) is 0.167. The van der Waals surface area contributed by atoms with E-state index in [0.29, 0.717) is 4.34 Å². The second kappa shape index (κ2) is 8.97. The van der Waals surface area contributed by atoms with Gasteiger partial charge in [-0.25, -0.2) is 0 Å². The van der Waals surface area contributed by atoms with Crippen LogP contribution in [0.2, 0.25) is 0 Å². The van der Waals surface area contributed by atoms with Gasteiger partial charge in [0.05, 0.1) is 5.56 Å². The van der Waals surface area contributed by atoms with E-state index >= 15 is 0 Å². The van der Waals surface area contributed by atoms with Crippen molar-refractivity contribution in [2.75, 3.05) is 11.6 Å². The molecule has 0 aliphatic carbocycles. The van der Waals surface area contributed by atoms with Crippen LogP contribution in [0, 0.1) is 0 Å². The number of thioether (sulfide) groups is 2. The van der Waals surface area contributed by atoms with Crippen molar-refractivity contribution in [1.82, 2.24) is 10.2 Å². The van der Waals surface area contributed by atoms with Crippen molar-refractivity contribution >= 4 is 46.5 Å². The average molecular weight is 442 g/mol. The molecule has 3 aromatic rings. The minimum atomic E-state index is -4.48. The van der Waals surface area contributed by atoms with E-state index in [1.807, 2.05) is 12.3 Å². The van der Waals surface area contributed by atoms with Crippen LogP contribution in [0.25, 0.3) is 0 Å². The van der Waals surface area contributed by atoms with Crippen molar-refractivity contribution in [3.8, 4) is 0 Å². The molecule has 3 rings (SSSR count). The number of aromatic nitrogens is 2. The fourth-order valence-electron chi connectivity index (χ4n) is 2.31. The number of carbonyl (C=O) groups excluding carboxylic acids is 1. The summed E-state index contributed by atoms with van der Waals surface area (Å²) in [7, 11) is 0. The molecule has 4 nitrogen and oxygen atoms in total. The molecule has 1 N–H and O–H groups in total. The lowest BCUT2D eigenvalue weighted by Crippen LogP contribution is -2.19. The molecule has 10 heteroatoms. The van der Waals surface area contributed by atoms with Gasteiger partial charge >= 0.3 is 6.18 Å². The van der Waals surface area contributed by atoms with Crippen LogP contribution in [0.5, 0.6) is 0 Å². The van der Waals surface area contributed by atoms with Crippen LogP contribution in [0.4, 0.5) is 18.9 Å². The van der Waals surface area contributed by atoms with Crippen molar-refractivity contribution in [2.45, 2.75) is 20.1 Å². The molecule has 0 bridgehead atoms. The third kappa shape index (κ3) is 5.27. The summed E-state index contributed by atoms with van der Waals surface area (Å²) < 4.78 is 40.1. The Morgan fingerprint density at radius 3 is 2.43 bits per heavy atom. The highest BCUT2D eigenvalue weighted by Gasteiger charge is 2.31. The zero-order chi connectivity index (χ0) is 20.1. The van der Waals surface area contributed by atoms with Crippen LogP contribution in [0.15, 0.2) is 63.3 Å². The Morgan fingerprint density at radius 2 is 1.79 bits per heavy atom. The van der Waals surface area contributed by atoms with Crippen molar-refractivity contribution < 1.29 is 18.0 Å². The summed E-state index contributed by atoms with van der Waals surface area (Å²) in [5.41, 5.74) is -0.00995. The number of hydrogen-bond donors (Lipinski definition) is 1. The molecular weight excluding hydrogens is 427 g/mol. The van der Waals surface area contributed by atoms with Crippen LogP contribution in [0.1, 0.15) is 16.4 Å². The smallest absolute Gasteiger partial charge is 0.325 e. The topological polar surface area (TPSA) is 54.9 Å². The third-order valence-corrected chi connectivity index (χ3v) is 6.82. The standard InChI is InChI=1S/C18H14F3N3OS3/c1-26-16-23-24-17(28-16)27-14(11-6-3-2-4-7-11)15(25)22-13-9-5-8-12(10-13)18(19,20)21/h2-10,14H,1H3,(H,22,25). The number of amides is 1. The summed E-state index contributed by atoms with van der Waals surface area (Å²) in [4.78, 5) is 12.9. The molecule has 0 spiro atoms. The zero-order valence-electron chi connectivity index (χ0n) is 14.4. The van der Waals surface area contributed by atoms with E-state index in [9.17, 15) is 18.0 Å². The molecule has 0 radical (unpaired) electrons. The number of carbonyl (C=O) groups is 1. The molecule has 1 unspecified atom stereocenters. The lowest BCUT2D eigenvalue weighted by Gasteiger charge is -2.16. The zero-order valence-corrected chi connectivity index (χ0v) is 16.9. The lowest BCUT2D eigenvalue weighted by atomic mass is 10.1. The number of anilines is 1. The molecule has 1 heterocycles. The maximum atomic E-state index is 12.9. The van der Waals surface area contributed by atoms with Crippen LogP contribution >= 0.6 is 34.9 Å². The van der Waals surface area contributed by atoms with Gasteiger partial charge in [-0.1, -0.05) is 71.3 Å². The van der Waals surface area contributed by atoms with Gasteiger partial charge in [0, 0.05) is 5.69 Å². The molecular formula is C18H14F3N3OS3. The van der Waals surface area contributed by atoms with Crippen LogP contribution in [-0.4, -0.2) is 22.4 Å². The number of halogens is 3. The molecule has 1 atom stereocenters. The second-order valence-corrected chi connectivity index (χ2v) is 8.90. The van der Waals surface area contributed by atoms with E-state index in [1.54, 1.807) is 24.3 Å². The van der Waals surface area contributed by atoms with E-state index < -0.39 is 22.9 Å². The first-order valence-electron chi connectivity index (χ1n) is 7.94. The quantitative estimate of drug-likeness (QED) is 0.494. The van der Waals surface area contributed by atoms with E-state index in [2.05, 4.69) is 15.5 Å². The van der Waals surface area contributed by atoms with Gasteiger partial charge < -0.3 is 5.32 Å². The number of alkyl halides is 3. The van der Waals surface area contributed by atoms with E-state index in [0.717, 1.165) is 22.0 Å². The van der Waals surface area contributed by atoms with Crippen molar-refractivity contribution in [1.29, 1.82) is 0 Å². The van der Waals surface area contributed by atoms with Crippen molar-refractivity contribution in [3.63, 3.8) is 0 Å². The molecule has 1 aromatic heterocycles. The van der Waals surface area contributed by atoms with E-state index in [-0.39, 0.29) is 5.69 Å². The predicted molar refractivity (Wildman–Crippen MR) is 107 cm³/mol. The summed E-state index contributed by atoms with van der Waals surface area (Å²) in [5, 5.41) is 9.99. The van der Waals surface area contributed by atoms with Gasteiger partial charge in [-0.05, 0) is 30.0 Å². The van der Waals surface area contributed by atoms with Gasteiger partial charge in [0.2, 0.25) is 5.91 Å². The van der Waals surface area contributed by atoms with Gasteiger partial charge in [0.25, 0.3) is 0 Å². The summed E-state index contributed by atoms with van der Waals surface area (Å²) in [5.74, 6) is -0.434. The van der Waals surface area contributed by atoms with E-state index in [4.69, 9.17) is 0 Å². The van der Waals surface area contributed by atoms with Gasteiger partial charge in [-0.3, -0.25) is 4.79 Å². The summed E-state index contributed by atoms with van der Waals surface area (Å²) >= 11 is 4.02. The molecule has 1 amide bonds. The molecule has 0 saturated carbocycles. The highest BCUT2D eigenvalue weighted by molar-refractivity contribution is 8.03. The van der Waals surface area contributed by atoms with Crippen molar-refractivity contribution in [3.05, 3.63) is 65.7 Å². The predicted octanol–water partition coefficient (Wildman–Crippen LogP) is 5.75. The Morgan fingerprint density at radius 1 is 1.07 bits per heavy atom. The van der Waals surface area contributed by atoms with Crippen LogP contribution < -0.4 is 5.32 Å². The van der Waals surface area contributed by atoms with Crippen LogP contribution in [-0.2, 0) is 11.0 Å². The summed E-state index contributed by atoms with van der Waals surface area (Å²) in [6.45, 7) is 0. The number of rotatable bonds is 6. The highest BCUT2D eigenvalue weighted by Crippen LogP contribution is 2.39. The molecule has 0 aliphatic rings. The Hall–Kier alpha value is -2.04. The monoisotopic (exact) mass is 441 g/mol. The molecule has 0 aliphatic heterocycles. The number of nitrogens with one attached hydrogen (secondary N) is 1. The maximum absolute atomic E-state index is 12.9.